The molecule has 0 radical (unpaired) electrons. The minimum Gasteiger partial charge on any atom is -0.330 e. The predicted molar refractivity (Wildman–Crippen MR) is 57.3 cm³/mol. The predicted octanol–water partition coefficient (Wildman–Crippen LogP) is 1.17. The normalized spacial score (nSPS) is 10.8. The number of aromatic amines is 1. The largest absolute Gasteiger partial charge is 0.330 e. The molecule has 2 rings (SSSR count). The SMILES string of the molecule is NCCc1cc2ccc(F)cc2c(=O)[nH]1. The van der Waals surface area contributed by atoms with Crippen molar-refractivity contribution in [2.24, 2.45) is 5.73 Å². The number of hydrogen-bond donors (Lipinski definition) is 2. The van der Waals surface area contributed by atoms with Gasteiger partial charge < -0.3 is 10.7 Å². The van der Waals surface area contributed by atoms with E-state index in [1.54, 1.807) is 6.07 Å². The molecule has 0 fully saturated rings. The molecule has 0 atom stereocenters. The summed E-state index contributed by atoms with van der Waals surface area (Å²) < 4.78 is 12.9. The number of aromatic nitrogens is 1. The average Bonchev–Trinajstić information content (AvgIpc) is 2.20. The zero-order valence-electron chi connectivity index (χ0n) is 8.09. The minimum atomic E-state index is -0.403. The summed E-state index contributed by atoms with van der Waals surface area (Å²) in [5.74, 6) is -0.403. The van der Waals surface area contributed by atoms with Crippen LogP contribution in [0, 0.1) is 5.82 Å². The number of pyridine rings is 1. The lowest BCUT2D eigenvalue weighted by Crippen LogP contribution is -2.12. The summed E-state index contributed by atoms with van der Waals surface area (Å²) >= 11 is 0. The van der Waals surface area contributed by atoms with Crippen LogP contribution in [-0.2, 0) is 6.42 Å². The summed E-state index contributed by atoms with van der Waals surface area (Å²) in [4.78, 5) is 14.2. The number of halogens is 1. The van der Waals surface area contributed by atoms with Crippen LogP contribution in [-0.4, -0.2) is 11.5 Å². The van der Waals surface area contributed by atoms with Gasteiger partial charge in [-0.2, -0.15) is 0 Å². The van der Waals surface area contributed by atoms with Crippen molar-refractivity contribution >= 4 is 10.8 Å². The van der Waals surface area contributed by atoms with Gasteiger partial charge in [0, 0.05) is 11.1 Å². The molecule has 1 aromatic heterocycles. The molecule has 78 valence electrons. The van der Waals surface area contributed by atoms with Crippen LogP contribution >= 0.6 is 0 Å². The van der Waals surface area contributed by atoms with Gasteiger partial charge in [0.1, 0.15) is 5.82 Å². The first-order valence-corrected chi connectivity index (χ1v) is 4.72. The number of hydrogen-bond acceptors (Lipinski definition) is 2. The summed E-state index contributed by atoms with van der Waals surface area (Å²) in [6.45, 7) is 0.475. The number of fused-ring (bicyclic) bond motifs is 1. The molecule has 0 aliphatic carbocycles. The molecule has 3 N–H and O–H groups in total. The minimum absolute atomic E-state index is 0.268. The Bertz CT molecular complexity index is 548. The maximum absolute atomic E-state index is 12.9. The lowest BCUT2D eigenvalue weighted by atomic mass is 10.1. The van der Waals surface area contributed by atoms with E-state index in [1.165, 1.54) is 12.1 Å². The van der Waals surface area contributed by atoms with Gasteiger partial charge in [-0.25, -0.2) is 4.39 Å². The first-order valence-electron chi connectivity index (χ1n) is 4.72. The molecule has 0 amide bonds. The Morgan fingerprint density at radius 1 is 1.33 bits per heavy atom. The summed E-state index contributed by atoms with van der Waals surface area (Å²) in [5, 5.41) is 1.11. The second-order valence-corrected chi connectivity index (χ2v) is 3.39. The molecule has 0 bridgehead atoms. The zero-order chi connectivity index (χ0) is 10.8. The standard InChI is InChI=1S/C11H11FN2O/c12-8-2-1-7-5-9(3-4-13)14-11(15)10(7)6-8/h1-2,5-6H,3-4,13H2,(H,14,15). The maximum atomic E-state index is 12.9. The summed E-state index contributed by atoms with van der Waals surface area (Å²) in [6.07, 6.45) is 0.614. The molecule has 0 aliphatic rings. The molecule has 2 aromatic rings. The van der Waals surface area contributed by atoms with Gasteiger partial charge in [-0.15, -0.1) is 0 Å². The quantitative estimate of drug-likeness (QED) is 0.774. The summed E-state index contributed by atoms with van der Waals surface area (Å²) in [6, 6.07) is 6.00. The van der Waals surface area contributed by atoms with Crippen molar-refractivity contribution in [3.8, 4) is 0 Å². The van der Waals surface area contributed by atoms with Crippen LogP contribution in [0.1, 0.15) is 5.69 Å². The fraction of sp³-hybridized carbons (Fsp3) is 0.182. The van der Waals surface area contributed by atoms with Crippen molar-refractivity contribution in [3.05, 3.63) is 46.1 Å². The topological polar surface area (TPSA) is 58.9 Å². The van der Waals surface area contributed by atoms with E-state index in [9.17, 15) is 9.18 Å². The number of benzene rings is 1. The third kappa shape index (κ3) is 1.89. The highest BCUT2D eigenvalue weighted by molar-refractivity contribution is 5.81. The van der Waals surface area contributed by atoms with Crippen LogP contribution in [0.5, 0.6) is 0 Å². The van der Waals surface area contributed by atoms with Crippen molar-refractivity contribution < 1.29 is 4.39 Å². The van der Waals surface area contributed by atoms with Gasteiger partial charge in [0.05, 0.1) is 0 Å². The molecular formula is C11H11FN2O. The Morgan fingerprint density at radius 2 is 2.13 bits per heavy atom. The third-order valence-electron chi connectivity index (χ3n) is 2.28. The van der Waals surface area contributed by atoms with Crippen LogP contribution in [0.15, 0.2) is 29.1 Å². The lowest BCUT2D eigenvalue weighted by Gasteiger charge is -2.02. The zero-order valence-corrected chi connectivity index (χ0v) is 8.09. The van der Waals surface area contributed by atoms with E-state index >= 15 is 0 Å². The van der Waals surface area contributed by atoms with Crippen molar-refractivity contribution in [1.29, 1.82) is 0 Å². The van der Waals surface area contributed by atoms with Crippen LogP contribution in [0.4, 0.5) is 4.39 Å². The molecule has 0 spiro atoms. The highest BCUT2D eigenvalue weighted by atomic mass is 19.1. The average molecular weight is 206 g/mol. The molecule has 0 saturated heterocycles. The van der Waals surface area contributed by atoms with E-state index in [-0.39, 0.29) is 5.56 Å². The smallest absolute Gasteiger partial charge is 0.256 e. The van der Waals surface area contributed by atoms with Gasteiger partial charge in [-0.3, -0.25) is 4.79 Å². The van der Waals surface area contributed by atoms with Crippen LogP contribution in [0.2, 0.25) is 0 Å². The number of H-pyrrole nitrogens is 1. The van der Waals surface area contributed by atoms with Crippen LogP contribution in [0.25, 0.3) is 10.8 Å². The summed E-state index contributed by atoms with van der Waals surface area (Å²) in [5.41, 5.74) is 5.91. The fourth-order valence-electron chi connectivity index (χ4n) is 1.58. The van der Waals surface area contributed by atoms with E-state index in [2.05, 4.69) is 4.98 Å². The molecule has 4 heteroatoms. The molecule has 0 unspecified atom stereocenters. The van der Waals surface area contributed by atoms with E-state index in [0.717, 1.165) is 11.1 Å². The van der Waals surface area contributed by atoms with Gasteiger partial charge in [0.2, 0.25) is 0 Å². The molecule has 1 aromatic carbocycles. The van der Waals surface area contributed by atoms with E-state index < -0.39 is 5.82 Å². The van der Waals surface area contributed by atoms with Crippen LogP contribution in [0.3, 0.4) is 0 Å². The highest BCUT2D eigenvalue weighted by Gasteiger charge is 2.02. The second-order valence-electron chi connectivity index (χ2n) is 3.39. The number of nitrogens with one attached hydrogen (secondary N) is 1. The number of rotatable bonds is 2. The fourth-order valence-corrected chi connectivity index (χ4v) is 1.58. The Hall–Kier alpha value is -1.68. The molecule has 0 aliphatic heterocycles. The first-order chi connectivity index (χ1) is 7.20. The van der Waals surface area contributed by atoms with Gasteiger partial charge in [-0.05, 0) is 36.6 Å². The van der Waals surface area contributed by atoms with Gasteiger partial charge in [0.25, 0.3) is 5.56 Å². The first kappa shape index (κ1) is 9.86. The molecule has 0 saturated carbocycles. The Balaban J connectivity index is 2.67. The Labute approximate surface area is 85.7 Å². The molecule has 1 heterocycles. The Morgan fingerprint density at radius 3 is 2.87 bits per heavy atom. The van der Waals surface area contributed by atoms with Crippen molar-refractivity contribution in [1.82, 2.24) is 4.98 Å². The lowest BCUT2D eigenvalue weighted by molar-refractivity contribution is 0.629. The number of nitrogens with two attached hydrogens (primary N) is 1. The molecular weight excluding hydrogens is 195 g/mol. The second kappa shape index (κ2) is 3.82. The van der Waals surface area contributed by atoms with E-state index in [0.29, 0.717) is 18.4 Å². The van der Waals surface area contributed by atoms with Gasteiger partial charge in [-0.1, -0.05) is 6.07 Å². The van der Waals surface area contributed by atoms with Gasteiger partial charge in [0.15, 0.2) is 0 Å². The monoisotopic (exact) mass is 206 g/mol. The third-order valence-corrected chi connectivity index (χ3v) is 2.28. The van der Waals surface area contributed by atoms with Crippen molar-refractivity contribution in [2.45, 2.75) is 6.42 Å². The van der Waals surface area contributed by atoms with Gasteiger partial charge >= 0.3 is 0 Å². The highest BCUT2D eigenvalue weighted by Crippen LogP contribution is 2.12. The molecule has 15 heavy (non-hydrogen) atoms. The van der Waals surface area contributed by atoms with Crippen molar-refractivity contribution in [3.63, 3.8) is 0 Å². The van der Waals surface area contributed by atoms with Crippen LogP contribution < -0.4 is 11.3 Å². The van der Waals surface area contributed by atoms with E-state index in [4.69, 9.17) is 5.73 Å². The summed E-state index contributed by atoms with van der Waals surface area (Å²) in [7, 11) is 0. The van der Waals surface area contributed by atoms with E-state index in [1.807, 2.05) is 6.07 Å². The Kier molecular flexibility index (Phi) is 2.51. The van der Waals surface area contributed by atoms with Crippen molar-refractivity contribution in [2.75, 3.05) is 6.54 Å². The molecule has 3 nitrogen and oxygen atoms in total. The maximum Gasteiger partial charge on any atom is 0.256 e.